The lowest BCUT2D eigenvalue weighted by molar-refractivity contribution is -0.115. The monoisotopic (exact) mass is 465 g/mol. The smallest absolute Gasteiger partial charge is 0.230 e. The number of carbonyl (C=O) groups excluding carboxylic acids is 1. The molecular weight excluding hydrogens is 442 g/mol. The molecule has 0 spiro atoms. The standard InChI is InChI=1S/C23H23N5O2S2/c1-14-5-8-19(11-15(14)2)28(16(3)29)23-24-18(13-32-23)12-31-22-25-21(26-27-22)17-6-9-20(30-4)10-7-17/h5-11,13H,12H2,1-4H3,(H,25,26,27). The number of aromatic amines is 1. The Morgan fingerprint density at radius 3 is 2.59 bits per heavy atom. The highest BCUT2D eigenvalue weighted by molar-refractivity contribution is 7.98. The third kappa shape index (κ3) is 4.84. The molecule has 0 aliphatic rings. The molecule has 0 bridgehead atoms. The van der Waals surface area contributed by atoms with Crippen molar-refractivity contribution in [3.8, 4) is 17.1 Å². The van der Waals surface area contributed by atoms with Crippen LogP contribution in [0.3, 0.4) is 0 Å². The number of aromatic nitrogens is 4. The van der Waals surface area contributed by atoms with Crippen molar-refractivity contribution in [3.63, 3.8) is 0 Å². The molecule has 0 radical (unpaired) electrons. The summed E-state index contributed by atoms with van der Waals surface area (Å²) in [4.78, 5) is 23.3. The molecule has 2 aromatic heterocycles. The lowest BCUT2D eigenvalue weighted by Crippen LogP contribution is -2.22. The van der Waals surface area contributed by atoms with E-state index in [9.17, 15) is 4.79 Å². The van der Waals surface area contributed by atoms with Crippen LogP contribution in [0.2, 0.25) is 0 Å². The van der Waals surface area contributed by atoms with E-state index in [1.165, 1.54) is 28.7 Å². The van der Waals surface area contributed by atoms with E-state index in [0.717, 1.165) is 28.3 Å². The molecule has 0 atom stereocenters. The van der Waals surface area contributed by atoms with E-state index in [1.54, 1.807) is 18.9 Å². The number of carbonyl (C=O) groups is 1. The molecule has 0 saturated carbocycles. The third-order valence-electron chi connectivity index (χ3n) is 4.97. The van der Waals surface area contributed by atoms with Crippen LogP contribution in [0.4, 0.5) is 10.8 Å². The van der Waals surface area contributed by atoms with Gasteiger partial charge in [0.1, 0.15) is 5.75 Å². The third-order valence-corrected chi connectivity index (χ3v) is 6.73. The zero-order valence-electron chi connectivity index (χ0n) is 18.2. The molecule has 1 N–H and O–H groups in total. The fourth-order valence-electron chi connectivity index (χ4n) is 3.08. The van der Waals surface area contributed by atoms with Gasteiger partial charge < -0.3 is 4.74 Å². The van der Waals surface area contributed by atoms with E-state index < -0.39 is 0 Å². The molecule has 0 unspecified atom stereocenters. The number of aryl methyl sites for hydroxylation is 2. The minimum Gasteiger partial charge on any atom is -0.497 e. The Hall–Kier alpha value is -3.17. The van der Waals surface area contributed by atoms with Crippen molar-refractivity contribution in [2.24, 2.45) is 0 Å². The van der Waals surface area contributed by atoms with E-state index in [2.05, 4.69) is 27.1 Å². The molecule has 32 heavy (non-hydrogen) atoms. The summed E-state index contributed by atoms with van der Waals surface area (Å²) in [6.07, 6.45) is 0. The summed E-state index contributed by atoms with van der Waals surface area (Å²) in [6.45, 7) is 5.65. The van der Waals surface area contributed by atoms with Gasteiger partial charge in [0.2, 0.25) is 11.1 Å². The van der Waals surface area contributed by atoms with Gasteiger partial charge in [-0.1, -0.05) is 17.8 Å². The Kier molecular flexibility index (Phi) is 6.57. The van der Waals surface area contributed by atoms with E-state index in [0.29, 0.717) is 21.9 Å². The number of ether oxygens (including phenoxy) is 1. The van der Waals surface area contributed by atoms with Crippen LogP contribution in [-0.4, -0.2) is 33.2 Å². The maximum Gasteiger partial charge on any atom is 0.230 e. The number of anilines is 2. The molecule has 2 aromatic carbocycles. The molecule has 2 heterocycles. The molecule has 4 aromatic rings. The van der Waals surface area contributed by atoms with Crippen molar-refractivity contribution in [2.75, 3.05) is 12.0 Å². The van der Waals surface area contributed by atoms with Gasteiger partial charge >= 0.3 is 0 Å². The highest BCUT2D eigenvalue weighted by Gasteiger charge is 2.19. The number of thiazole rings is 1. The minimum absolute atomic E-state index is 0.0695. The second-order valence-corrected chi connectivity index (χ2v) is 9.01. The number of nitrogens with zero attached hydrogens (tertiary/aromatic N) is 4. The number of rotatable bonds is 7. The lowest BCUT2D eigenvalue weighted by atomic mass is 10.1. The molecule has 7 nitrogen and oxygen atoms in total. The van der Waals surface area contributed by atoms with Crippen LogP contribution in [0.5, 0.6) is 5.75 Å². The summed E-state index contributed by atoms with van der Waals surface area (Å²) in [5.74, 6) is 2.03. The van der Waals surface area contributed by atoms with E-state index in [-0.39, 0.29) is 5.91 Å². The van der Waals surface area contributed by atoms with Crippen molar-refractivity contribution in [2.45, 2.75) is 31.7 Å². The first-order valence-corrected chi connectivity index (χ1v) is 11.8. The normalized spacial score (nSPS) is 10.9. The predicted molar refractivity (Wildman–Crippen MR) is 129 cm³/mol. The summed E-state index contributed by atoms with van der Waals surface area (Å²) in [5, 5.41) is 10.5. The predicted octanol–water partition coefficient (Wildman–Crippen LogP) is 5.53. The quantitative estimate of drug-likeness (QED) is 0.361. The van der Waals surface area contributed by atoms with Crippen LogP contribution in [0.25, 0.3) is 11.4 Å². The molecule has 0 aliphatic carbocycles. The Morgan fingerprint density at radius 2 is 1.91 bits per heavy atom. The number of amides is 1. The van der Waals surface area contributed by atoms with Crippen molar-refractivity contribution >= 4 is 39.8 Å². The molecule has 9 heteroatoms. The van der Waals surface area contributed by atoms with Crippen LogP contribution in [0, 0.1) is 13.8 Å². The summed E-state index contributed by atoms with van der Waals surface area (Å²) in [6, 6.07) is 13.6. The molecule has 164 valence electrons. The van der Waals surface area contributed by atoms with Crippen LogP contribution in [-0.2, 0) is 10.5 Å². The summed E-state index contributed by atoms with van der Waals surface area (Å²) < 4.78 is 5.19. The SMILES string of the molecule is COc1ccc(-c2nc(SCc3csc(N(C(C)=O)c4ccc(C)c(C)c4)n3)n[nH]2)cc1. The molecule has 1 amide bonds. The van der Waals surface area contributed by atoms with Gasteiger partial charge in [-0.15, -0.1) is 16.4 Å². The Balaban J connectivity index is 1.45. The second kappa shape index (κ2) is 9.54. The van der Waals surface area contributed by atoms with E-state index in [1.807, 2.05) is 54.8 Å². The molecule has 4 rings (SSSR count). The molecular formula is C23H23N5O2S2. The highest BCUT2D eigenvalue weighted by Crippen LogP contribution is 2.32. The number of methoxy groups -OCH3 is 1. The zero-order valence-corrected chi connectivity index (χ0v) is 19.9. The Morgan fingerprint density at radius 1 is 1.12 bits per heavy atom. The van der Waals surface area contributed by atoms with Crippen LogP contribution in [0.15, 0.2) is 53.0 Å². The van der Waals surface area contributed by atoms with Gasteiger partial charge in [0.05, 0.1) is 18.5 Å². The van der Waals surface area contributed by atoms with Crippen molar-refractivity contribution in [3.05, 3.63) is 64.7 Å². The van der Waals surface area contributed by atoms with Gasteiger partial charge in [0, 0.05) is 23.6 Å². The van der Waals surface area contributed by atoms with Crippen molar-refractivity contribution in [1.82, 2.24) is 20.2 Å². The highest BCUT2D eigenvalue weighted by atomic mass is 32.2. The first-order valence-electron chi connectivity index (χ1n) is 9.96. The number of hydrogen-bond acceptors (Lipinski definition) is 7. The number of nitrogens with one attached hydrogen (secondary N) is 1. The number of hydrogen-bond donors (Lipinski definition) is 1. The van der Waals surface area contributed by atoms with Crippen LogP contribution >= 0.6 is 23.1 Å². The fourth-order valence-corrected chi connectivity index (χ4v) is 4.77. The summed E-state index contributed by atoms with van der Waals surface area (Å²) in [5.41, 5.74) is 4.96. The number of H-pyrrole nitrogens is 1. The summed E-state index contributed by atoms with van der Waals surface area (Å²) >= 11 is 2.94. The maximum atomic E-state index is 12.4. The second-order valence-electron chi connectivity index (χ2n) is 7.23. The van der Waals surface area contributed by atoms with Gasteiger partial charge in [-0.25, -0.2) is 9.97 Å². The fraction of sp³-hybridized carbons (Fsp3) is 0.217. The van der Waals surface area contributed by atoms with E-state index in [4.69, 9.17) is 4.74 Å². The Labute approximate surface area is 194 Å². The van der Waals surface area contributed by atoms with Crippen LogP contribution < -0.4 is 9.64 Å². The first kappa shape index (κ1) is 22.0. The molecule has 0 saturated heterocycles. The Bertz CT molecular complexity index is 1230. The number of thioether (sulfide) groups is 1. The van der Waals surface area contributed by atoms with Gasteiger partial charge in [-0.3, -0.25) is 14.8 Å². The largest absolute Gasteiger partial charge is 0.497 e. The zero-order chi connectivity index (χ0) is 22.7. The van der Waals surface area contributed by atoms with Gasteiger partial charge in [0.25, 0.3) is 0 Å². The van der Waals surface area contributed by atoms with Crippen molar-refractivity contribution in [1.29, 1.82) is 0 Å². The topological polar surface area (TPSA) is 84.0 Å². The van der Waals surface area contributed by atoms with Gasteiger partial charge in [0.15, 0.2) is 11.0 Å². The average Bonchev–Trinajstić information content (AvgIpc) is 3.45. The van der Waals surface area contributed by atoms with E-state index >= 15 is 0 Å². The molecule has 0 fully saturated rings. The number of benzene rings is 2. The minimum atomic E-state index is -0.0695. The van der Waals surface area contributed by atoms with Gasteiger partial charge in [-0.05, 0) is 61.4 Å². The first-order chi connectivity index (χ1) is 15.4. The summed E-state index contributed by atoms with van der Waals surface area (Å²) in [7, 11) is 1.64. The maximum absolute atomic E-state index is 12.4. The van der Waals surface area contributed by atoms with Crippen molar-refractivity contribution < 1.29 is 9.53 Å². The van der Waals surface area contributed by atoms with Gasteiger partial charge in [-0.2, -0.15) is 0 Å². The molecule has 0 aliphatic heterocycles. The average molecular weight is 466 g/mol. The lowest BCUT2D eigenvalue weighted by Gasteiger charge is -2.19. The van der Waals surface area contributed by atoms with Crippen LogP contribution in [0.1, 0.15) is 23.7 Å².